The zero-order valence-electron chi connectivity index (χ0n) is 15.2. The first-order chi connectivity index (χ1) is 12.7. The van der Waals surface area contributed by atoms with Crippen LogP contribution in [-0.2, 0) is 11.0 Å². The number of hydrogen-bond donors (Lipinski definition) is 1. The molecule has 146 valence electrons. The van der Waals surface area contributed by atoms with E-state index in [4.69, 9.17) is 9.47 Å². The Labute approximate surface area is 156 Å². The molecule has 0 aliphatic heterocycles. The predicted octanol–water partition coefficient (Wildman–Crippen LogP) is 5.15. The Kier molecular flexibility index (Phi) is 7.10. The molecule has 27 heavy (non-hydrogen) atoms. The lowest BCUT2D eigenvalue weighted by Crippen LogP contribution is -2.20. The molecule has 1 amide bonds. The Morgan fingerprint density at radius 3 is 2.26 bits per heavy atom. The van der Waals surface area contributed by atoms with E-state index in [1.54, 1.807) is 24.3 Å². The Balaban J connectivity index is 1.82. The van der Waals surface area contributed by atoms with Gasteiger partial charge in [-0.1, -0.05) is 19.9 Å². The lowest BCUT2D eigenvalue weighted by Gasteiger charge is -2.11. The van der Waals surface area contributed by atoms with Crippen LogP contribution in [0.2, 0.25) is 0 Å². The molecule has 1 N–H and O–H groups in total. The minimum Gasteiger partial charge on any atom is -0.494 e. The smallest absolute Gasteiger partial charge is 0.416 e. The number of alkyl halides is 3. The van der Waals surface area contributed by atoms with Gasteiger partial charge in [-0.25, -0.2) is 0 Å². The van der Waals surface area contributed by atoms with Crippen molar-refractivity contribution >= 4 is 11.6 Å². The molecular weight excluding hydrogens is 359 g/mol. The maximum Gasteiger partial charge on any atom is 0.416 e. The number of benzene rings is 2. The largest absolute Gasteiger partial charge is 0.494 e. The van der Waals surface area contributed by atoms with E-state index in [-0.39, 0.29) is 12.3 Å². The molecule has 7 heteroatoms. The molecule has 0 aromatic heterocycles. The topological polar surface area (TPSA) is 47.6 Å². The maximum atomic E-state index is 12.7. The summed E-state index contributed by atoms with van der Waals surface area (Å²) >= 11 is 0. The summed E-state index contributed by atoms with van der Waals surface area (Å²) in [7, 11) is 0. The molecule has 0 bridgehead atoms. The van der Waals surface area contributed by atoms with Crippen LogP contribution in [0.25, 0.3) is 0 Å². The number of rotatable bonds is 8. The highest BCUT2D eigenvalue weighted by Gasteiger charge is 2.30. The number of halogens is 3. The van der Waals surface area contributed by atoms with Gasteiger partial charge in [-0.3, -0.25) is 4.79 Å². The van der Waals surface area contributed by atoms with E-state index in [1.165, 1.54) is 12.1 Å². The van der Waals surface area contributed by atoms with Crippen LogP contribution >= 0.6 is 0 Å². The highest BCUT2D eigenvalue weighted by atomic mass is 19.4. The Morgan fingerprint density at radius 1 is 1.04 bits per heavy atom. The van der Waals surface area contributed by atoms with Gasteiger partial charge in [0.2, 0.25) is 0 Å². The second-order valence-corrected chi connectivity index (χ2v) is 6.42. The fourth-order valence-electron chi connectivity index (χ4n) is 2.16. The predicted molar refractivity (Wildman–Crippen MR) is 97.0 cm³/mol. The lowest BCUT2D eigenvalue weighted by atomic mass is 10.1. The van der Waals surface area contributed by atoms with Crippen LogP contribution in [-0.4, -0.2) is 19.1 Å². The average Bonchev–Trinajstić information content (AvgIpc) is 2.60. The van der Waals surface area contributed by atoms with Crippen molar-refractivity contribution in [2.45, 2.75) is 26.4 Å². The van der Waals surface area contributed by atoms with Gasteiger partial charge in [-0.15, -0.1) is 0 Å². The summed E-state index contributed by atoms with van der Waals surface area (Å²) in [6.45, 7) is 4.54. The van der Waals surface area contributed by atoms with Crippen LogP contribution in [0.3, 0.4) is 0 Å². The van der Waals surface area contributed by atoms with E-state index in [1.807, 2.05) is 0 Å². The molecule has 0 unspecified atom stereocenters. The third-order valence-corrected chi connectivity index (χ3v) is 3.63. The number of ether oxygens (including phenoxy) is 2. The van der Waals surface area contributed by atoms with Crippen molar-refractivity contribution in [3.63, 3.8) is 0 Å². The minimum atomic E-state index is -4.46. The molecule has 2 rings (SSSR count). The van der Waals surface area contributed by atoms with Crippen LogP contribution in [0.15, 0.2) is 48.5 Å². The summed E-state index contributed by atoms with van der Waals surface area (Å²) in [4.78, 5) is 11.9. The van der Waals surface area contributed by atoms with Gasteiger partial charge in [0.05, 0.1) is 12.2 Å². The number of hydrogen-bond acceptors (Lipinski definition) is 3. The first-order valence-corrected chi connectivity index (χ1v) is 8.57. The Morgan fingerprint density at radius 2 is 1.67 bits per heavy atom. The van der Waals surface area contributed by atoms with Crippen LogP contribution in [0.4, 0.5) is 18.9 Å². The van der Waals surface area contributed by atoms with Gasteiger partial charge in [0.1, 0.15) is 11.5 Å². The fraction of sp³-hybridized carbons (Fsp3) is 0.350. The monoisotopic (exact) mass is 381 g/mol. The molecule has 0 aliphatic rings. The molecule has 0 atom stereocenters. The van der Waals surface area contributed by atoms with E-state index in [0.717, 1.165) is 18.6 Å². The second-order valence-electron chi connectivity index (χ2n) is 6.42. The van der Waals surface area contributed by atoms with Crippen LogP contribution in [0.1, 0.15) is 25.8 Å². The summed E-state index contributed by atoms with van der Waals surface area (Å²) in [6, 6.07) is 11.2. The van der Waals surface area contributed by atoms with E-state index >= 15 is 0 Å². The van der Waals surface area contributed by atoms with Crippen LogP contribution in [0.5, 0.6) is 11.5 Å². The summed E-state index contributed by atoms with van der Waals surface area (Å²) < 4.78 is 49.0. The summed E-state index contributed by atoms with van der Waals surface area (Å²) in [5, 5.41) is 2.39. The molecule has 0 heterocycles. The molecular formula is C20H22F3NO3. The van der Waals surface area contributed by atoms with Crippen molar-refractivity contribution in [3.8, 4) is 11.5 Å². The minimum absolute atomic E-state index is 0.0623. The molecule has 0 fully saturated rings. The highest BCUT2D eigenvalue weighted by Crippen LogP contribution is 2.30. The van der Waals surface area contributed by atoms with E-state index in [2.05, 4.69) is 19.2 Å². The molecule has 4 nitrogen and oxygen atoms in total. The van der Waals surface area contributed by atoms with E-state index < -0.39 is 17.6 Å². The van der Waals surface area contributed by atoms with Crippen molar-refractivity contribution < 1.29 is 27.4 Å². The van der Waals surface area contributed by atoms with Gasteiger partial charge in [-0.2, -0.15) is 13.2 Å². The second kappa shape index (κ2) is 9.30. The molecule has 0 saturated heterocycles. The summed E-state index contributed by atoms with van der Waals surface area (Å²) in [6.07, 6.45) is -3.51. The fourth-order valence-corrected chi connectivity index (χ4v) is 2.16. The third-order valence-electron chi connectivity index (χ3n) is 3.63. The Bertz CT molecular complexity index is 743. The summed E-state index contributed by atoms with van der Waals surface area (Å²) in [5.41, 5.74) is -0.762. The molecule has 2 aromatic carbocycles. The van der Waals surface area contributed by atoms with Gasteiger partial charge in [0.25, 0.3) is 5.91 Å². The quantitative estimate of drug-likeness (QED) is 0.688. The number of carbonyl (C=O) groups is 1. The first-order valence-electron chi connectivity index (χ1n) is 8.57. The van der Waals surface area contributed by atoms with Crippen molar-refractivity contribution in [1.29, 1.82) is 0 Å². The number of amides is 1. The molecule has 0 saturated carbocycles. The SMILES string of the molecule is CC(C)CCOc1ccc(OCC(=O)Nc2cccc(C(F)(F)F)c2)cc1. The van der Waals surface area contributed by atoms with Gasteiger partial charge in [0.15, 0.2) is 6.61 Å². The average molecular weight is 381 g/mol. The third kappa shape index (κ3) is 7.21. The van der Waals surface area contributed by atoms with Gasteiger partial charge in [0, 0.05) is 5.69 Å². The standard InChI is InChI=1S/C20H22F3NO3/c1-14(2)10-11-26-17-6-8-18(9-7-17)27-13-19(25)24-16-5-3-4-15(12-16)20(21,22)23/h3-9,12,14H,10-11,13H2,1-2H3,(H,24,25). The van der Waals surface area contributed by atoms with Gasteiger partial charge < -0.3 is 14.8 Å². The van der Waals surface area contributed by atoms with Crippen LogP contribution in [0, 0.1) is 5.92 Å². The van der Waals surface area contributed by atoms with Crippen molar-refractivity contribution in [1.82, 2.24) is 0 Å². The molecule has 0 radical (unpaired) electrons. The van der Waals surface area contributed by atoms with Crippen molar-refractivity contribution in [2.75, 3.05) is 18.5 Å². The van der Waals surface area contributed by atoms with Gasteiger partial charge in [-0.05, 0) is 54.8 Å². The zero-order chi connectivity index (χ0) is 19.9. The van der Waals surface area contributed by atoms with E-state index in [9.17, 15) is 18.0 Å². The number of carbonyl (C=O) groups excluding carboxylic acids is 1. The first kappa shape index (κ1) is 20.6. The molecule has 2 aromatic rings. The number of nitrogens with one attached hydrogen (secondary N) is 1. The maximum absolute atomic E-state index is 12.7. The normalized spacial score (nSPS) is 11.3. The summed E-state index contributed by atoms with van der Waals surface area (Å²) in [5.74, 6) is 1.18. The Hall–Kier alpha value is -2.70. The molecule has 0 aliphatic carbocycles. The van der Waals surface area contributed by atoms with Crippen molar-refractivity contribution in [2.24, 2.45) is 5.92 Å². The molecule has 0 spiro atoms. The number of anilines is 1. The van der Waals surface area contributed by atoms with Gasteiger partial charge >= 0.3 is 6.18 Å². The van der Waals surface area contributed by atoms with E-state index in [0.29, 0.717) is 24.0 Å². The highest BCUT2D eigenvalue weighted by molar-refractivity contribution is 5.91. The van der Waals surface area contributed by atoms with Crippen LogP contribution < -0.4 is 14.8 Å². The van der Waals surface area contributed by atoms with Crippen molar-refractivity contribution in [3.05, 3.63) is 54.1 Å². The lowest BCUT2D eigenvalue weighted by molar-refractivity contribution is -0.137. The zero-order valence-corrected chi connectivity index (χ0v) is 15.2.